The molecule has 0 saturated carbocycles. The van der Waals surface area contributed by atoms with E-state index in [1.807, 2.05) is 12.4 Å². The molecular weight excluding hydrogens is 442 g/mol. The Labute approximate surface area is 209 Å². The van der Waals surface area contributed by atoms with Crippen LogP contribution in [0.5, 0.6) is 0 Å². The van der Waals surface area contributed by atoms with Crippen molar-refractivity contribution in [3.05, 3.63) is 72.3 Å². The van der Waals surface area contributed by atoms with Gasteiger partial charge in [0.05, 0.1) is 29.1 Å². The van der Waals surface area contributed by atoms with E-state index in [1.165, 1.54) is 43.9 Å². The number of hydrogen-bond acceptors (Lipinski definition) is 4. The summed E-state index contributed by atoms with van der Waals surface area (Å²) >= 11 is 0. The van der Waals surface area contributed by atoms with E-state index in [9.17, 15) is 0 Å². The van der Waals surface area contributed by atoms with Crippen LogP contribution < -0.4 is 0 Å². The molecule has 5 heteroatoms. The number of H-pyrrole nitrogens is 1. The normalized spacial score (nSPS) is 13.6. The van der Waals surface area contributed by atoms with Crippen molar-refractivity contribution in [1.82, 2.24) is 20.2 Å². The van der Waals surface area contributed by atoms with E-state index in [2.05, 4.69) is 91.4 Å². The second-order valence-corrected chi connectivity index (χ2v) is 10.5. The quantitative estimate of drug-likeness (QED) is 0.268. The average Bonchev–Trinajstić information content (AvgIpc) is 3.54. The van der Waals surface area contributed by atoms with Crippen LogP contribution in [0.2, 0.25) is 0 Å². The van der Waals surface area contributed by atoms with E-state index >= 15 is 0 Å². The zero-order valence-corrected chi connectivity index (χ0v) is 20.9. The maximum Gasteiger partial charge on any atom is 0.109 e. The summed E-state index contributed by atoms with van der Waals surface area (Å²) < 4.78 is 0. The number of nitrogens with zero attached hydrogens (tertiary/aromatic N) is 4. The lowest BCUT2D eigenvalue weighted by molar-refractivity contribution is 0.799. The first kappa shape index (κ1) is 21.2. The van der Waals surface area contributed by atoms with Crippen LogP contribution in [0.3, 0.4) is 0 Å². The van der Waals surface area contributed by atoms with Crippen molar-refractivity contribution in [2.45, 2.75) is 40.0 Å². The predicted octanol–water partition coefficient (Wildman–Crippen LogP) is 7.89. The fourth-order valence-corrected chi connectivity index (χ4v) is 5.50. The van der Waals surface area contributed by atoms with Crippen molar-refractivity contribution in [2.75, 3.05) is 0 Å². The summed E-state index contributed by atoms with van der Waals surface area (Å²) in [6, 6.07) is 17.8. The molecule has 36 heavy (non-hydrogen) atoms. The van der Waals surface area contributed by atoms with Crippen molar-refractivity contribution >= 4 is 54.7 Å². The van der Waals surface area contributed by atoms with E-state index in [0.717, 1.165) is 39.7 Å². The first-order valence-corrected chi connectivity index (χ1v) is 12.7. The lowest BCUT2D eigenvalue weighted by Crippen LogP contribution is -2.06. The highest BCUT2D eigenvalue weighted by atomic mass is 15.1. The highest BCUT2D eigenvalue weighted by molar-refractivity contribution is 6.18. The molecule has 0 fully saturated rings. The number of hydrogen-bond donors (Lipinski definition) is 1. The van der Waals surface area contributed by atoms with Gasteiger partial charge in [-0.15, -0.1) is 0 Å². The Morgan fingerprint density at radius 1 is 0.722 bits per heavy atom. The molecule has 0 bridgehead atoms. The zero-order valence-electron chi connectivity index (χ0n) is 20.9. The molecular formula is C31H27N5. The summed E-state index contributed by atoms with van der Waals surface area (Å²) in [6.45, 7) is 8.76. The standard InChI is InChI=1S/C31H27N5/c1-16(2)28-13-24-22-9-6-19(12-23(22)25-14-32-33-15-26(25)29(24)34-28)18-5-8-21-20(11-18)7-10-27-30(21)36-31(35-27)17(3)4/h5-12,14-17H,13H2,1-4H3,(H,35,36). The van der Waals surface area contributed by atoms with Gasteiger partial charge in [-0.3, -0.25) is 4.99 Å². The number of benzene rings is 4. The predicted molar refractivity (Wildman–Crippen MR) is 149 cm³/mol. The number of aromatic amines is 1. The van der Waals surface area contributed by atoms with E-state index < -0.39 is 0 Å². The average molecular weight is 470 g/mol. The van der Waals surface area contributed by atoms with Crippen molar-refractivity contribution in [3.63, 3.8) is 0 Å². The lowest BCUT2D eigenvalue weighted by Gasteiger charge is -2.12. The van der Waals surface area contributed by atoms with E-state index in [1.54, 1.807) is 0 Å². The van der Waals surface area contributed by atoms with Crippen LogP contribution >= 0.6 is 0 Å². The Kier molecular flexibility index (Phi) is 4.53. The lowest BCUT2D eigenvalue weighted by atomic mass is 9.91. The van der Waals surface area contributed by atoms with Crippen LogP contribution in [0.15, 0.2) is 65.9 Å². The molecule has 2 aromatic heterocycles. The third-order valence-corrected chi connectivity index (χ3v) is 7.55. The molecule has 0 spiro atoms. The monoisotopic (exact) mass is 469 g/mol. The molecule has 0 amide bonds. The summed E-state index contributed by atoms with van der Waals surface area (Å²) in [4.78, 5) is 13.4. The van der Waals surface area contributed by atoms with Gasteiger partial charge in [0.15, 0.2) is 0 Å². The number of aromatic nitrogens is 4. The van der Waals surface area contributed by atoms with Gasteiger partial charge in [0, 0.05) is 34.2 Å². The van der Waals surface area contributed by atoms with Gasteiger partial charge in [-0.1, -0.05) is 58.0 Å². The van der Waals surface area contributed by atoms with Crippen LogP contribution in [0.25, 0.3) is 54.5 Å². The molecule has 1 aliphatic heterocycles. The molecule has 0 atom stereocenters. The van der Waals surface area contributed by atoms with Gasteiger partial charge in [0.2, 0.25) is 0 Å². The van der Waals surface area contributed by atoms with E-state index in [-0.39, 0.29) is 0 Å². The highest BCUT2D eigenvalue weighted by Crippen LogP contribution is 2.43. The number of aliphatic imine (C=N–C) groups is 1. The van der Waals surface area contributed by atoms with Crippen molar-refractivity contribution in [1.29, 1.82) is 0 Å². The second kappa shape index (κ2) is 7.69. The molecule has 1 N–H and O–H groups in total. The van der Waals surface area contributed by atoms with E-state index in [0.29, 0.717) is 11.8 Å². The minimum absolute atomic E-state index is 0.368. The van der Waals surface area contributed by atoms with Crippen molar-refractivity contribution in [2.24, 2.45) is 10.9 Å². The number of nitrogens with one attached hydrogen (secondary N) is 1. The van der Waals surface area contributed by atoms with Gasteiger partial charge >= 0.3 is 0 Å². The van der Waals surface area contributed by atoms with Crippen molar-refractivity contribution in [3.8, 4) is 11.1 Å². The SMILES string of the molecule is CC(C)C1=Nc2c(c3ccc(-c4ccc5c(ccc6[nH]c(C(C)C)nc65)c4)cc3c3cnncc23)C1. The Morgan fingerprint density at radius 3 is 2.25 bits per heavy atom. The molecule has 0 saturated heterocycles. The Morgan fingerprint density at radius 2 is 1.47 bits per heavy atom. The van der Waals surface area contributed by atoms with Gasteiger partial charge in [0.25, 0.3) is 0 Å². The Bertz CT molecular complexity index is 1870. The molecule has 0 unspecified atom stereocenters. The third kappa shape index (κ3) is 3.08. The summed E-state index contributed by atoms with van der Waals surface area (Å²) in [7, 11) is 0. The zero-order chi connectivity index (χ0) is 24.6. The largest absolute Gasteiger partial charge is 0.342 e. The topological polar surface area (TPSA) is 66.8 Å². The Balaban J connectivity index is 1.41. The maximum atomic E-state index is 5.02. The van der Waals surface area contributed by atoms with Crippen LogP contribution in [-0.4, -0.2) is 25.9 Å². The van der Waals surface area contributed by atoms with Gasteiger partial charge in [-0.2, -0.15) is 10.2 Å². The van der Waals surface area contributed by atoms with Gasteiger partial charge in [-0.05, 0) is 57.0 Å². The maximum absolute atomic E-state index is 5.02. The third-order valence-electron chi connectivity index (χ3n) is 7.55. The minimum atomic E-state index is 0.368. The van der Waals surface area contributed by atoms with Crippen LogP contribution in [0, 0.1) is 5.92 Å². The minimum Gasteiger partial charge on any atom is -0.342 e. The fraction of sp³-hybridized carbons (Fsp3) is 0.226. The number of imidazole rings is 1. The number of rotatable bonds is 3. The van der Waals surface area contributed by atoms with Gasteiger partial charge < -0.3 is 4.98 Å². The fourth-order valence-electron chi connectivity index (χ4n) is 5.50. The molecule has 0 radical (unpaired) electrons. The summed E-state index contributed by atoms with van der Waals surface area (Å²) in [6.07, 6.45) is 4.64. The molecule has 6 aromatic rings. The Hall–Kier alpha value is -4.12. The molecule has 1 aliphatic rings. The smallest absolute Gasteiger partial charge is 0.109 e. The molecule has 7 rings (SSSR count). The van der Waals surface area contributed by atoms with E-state index in [4.69, 9.17) is 9.98 Å². The number of fused-ring (bicyclic) bond motifs is 9. The summed E-state index contributed by atoms with van der Waals surface area (Å²) in [5.41, 5.74) is 8.13. The van der Waals surface area contributed by atoms with Crippen LogP contribution in [0.1, 0.15) is 45.0 Å². The van der Waals surface area contributed by atoms with Gasteiger partial charge in [-0.25, -0.2) is 4.98 Å². The highest BCUT2D eigenvalue weighted by Gasteiger charge is 2.23. The van der Waals surface area contributed by atoms with Crippen molar-refractivity contribution < 1.29 is 0 Å². The molecule has 0 aliphatic carbocycles. The second-order valence-electron chi connectivity index (χ2n) is 10.5. The van der Waals surface area contributed by atoms with Crippen LogP contribution in [0.4, 0.5) is 5.69 Å². The molecule has 176 valence electrons. The first-order chi connectivity index (χ1) is 17.5. The van der Waals surface area contributed by atoms with Gasteiger partial charge in [0.1, 0.15) is 5.82 Å². The van der Waals surface area contributed by atoms with Crippen LogP contribution in [-0.2, 0) is 6.42 Å². The molecule has 5 nitrogen and oxygen atoms in total. The molecule has 4 aromatic carbocycles. The first-order valence-electron chi connectivity index (χ1n) is 12.7. The summed E-state index contributed by atoms with van der Waals surface area (Å²) in [5.74, 6) is 1.82. The molecule has 3 heterocycles. The summed E-state index contributed by atoms with van der Waals surface area (Å²) in [5, 5.41) is 15.4.